The van der Waals surface area contributed by atoms with Crippen molar-refractivity contribution in [3.8, 4) is 0 Å². The van der Waals surface area contributed by atoms with Crippen LogP contribution in [0.25, 0.3) is 0 Å². The Kier molecular flexibility index (Phi) is 6.50. The van der Waals surface area contributed by atoms with E-state index in [-0.39, 0.29) is 12.5 Å². The third-order valence-electron chi connectivity index (χ3n) is 5.16. The van der Waals surface area contributed by atoms with Crippen LogP contribution in [0.2, 0.25) is 0 Å². The average Bonchev–Trinajstić information content (AvgIpc) is 2.69. The van der Waals surface area contributed by atoms with Crippen molar-refractivity contribution in [3.05, 3.63) is 29.8 Å². The molecule has 3 rings (SSSR count). The van der Waals surface area contributed by atoms with Gasteiger partial charge in [0.15, 0.2) is 5.96 Å². The van der Waals surface area contributed by atoms with E-state index < -0.39 is 0 Å². The second-order valence-electron chi connectivity index (χ2n) is 6.82. The summed E-state index contributed by atoms with van der Waals surface area (Å²) in [4.78, 5) is 21.3. The van der Waals surface area contributed by atoms with E-state index in [0.29, 0.717) is 6.10 Å². The molecule has 2 aliphatic heterocycles. The van der Waals surface area contributed by atoms with Gasteiger partial charge >= 0.3 is 0 Å². The van der Waals surface area contributed by atoms with Gasteiger partial charge in [-0.05, 0) is 44.2 Å². The molecule has 1 N–H and O–H groups in total. The zero-order valence-corrected chi connectivity index (χ0v) is 15.9. The summed E-state index contributed by atoms with van der Waals surface area (Å²) in [5.74, 6) is 0.904. The fraction of sp³-hybridized carbons (Fsp3) is 0.600. The van der Waals surface area contributed by atoms with Crippen molar-refractivity contribution in [1.29, 1.82) is 0 Å². The van der Waals surface area contributed by atoms with E-state index in [2.05, 4.69) is 21.3 Å². The number of aryl methyl sites for hydroxylation is 1. The van der Waals surface area contributed by atoms with Crippen LogP contribution >= 0.6 is 0 Å². The Morgan fingerprint density at radius 2 is 2.04 bits per heavy atom. The van der Waals surface area contributed by atoms with Gasteiger partial charge in [-0.15, -0.1) is 0 Å². The molecule has 0 saturated carbocycles. The molecule has 0 atom stereocenters. The summed E-state index contributed by atoms with van der Waals surface area (Å²) < 4.78 is 5.71. The Hall–Kier alpha value is -2.08. The number of fused-ring (bicyclic) bond motifs is 1. The number of hydrogen-bond donors (Lipinski definition) is 1. The number of guanidine groups is 1. The third kappa shape index (κ3) is 4.36. The summed E-state index contributed by atoms with van der Waals surface area (Å²) >= 11 is 0. The van der Waals surface area contributed by atoms with Crippen molar-refractivity contribution in [2.45, 2.75) is 38.7 Å². The molecule has 0 radical (unpaired) electrons. The monoisotopic (exact) mass is 358 g/mol. The first-order chi connectivity index (χ1) is 12.7. The molecule has 0 aromatic heterocycles. The van der Waals surface area contributed by atoms with Crippen molar-refractivity contribution in [3.63, 3.8) is 0 Å². The molecule has 1 aromatic rings. The van der Waals surface area contributed by atoms with Gasteiger partial charge in [-0.1, -0.05) is 18.2 Å². The molecular formula is C20H30N4O2. The van der Waals surface area contributed by atoms with Crippen molar-refractivity contribution >= 4 is 17.6 Å². The molecular weight excluding hydrogens is 328 g/mol. The first-order valence-electron chi connectivity index (χ1n) is 9.68. The van der Waals surface area contributed by atoms with Gasteiger partial charge in [-0.2, -0.15) is 0 Å². The molecule has 6 nitrogen and oxygen atoms in total. The van der Waals surface area contributed by atoms with Crippen LogP contribution in [0.3, 0.4) is 0 Å². The number of carbonyl (C=O) groups excluding carboxylic acids is 1. The predicted octanol–water partition coefficient (Wildman–Crippen LogP) is 2.04. The number of nitrogens with one attached hydrogen (secondary N) is 1. The molecule has 26 heavy (non-hydrogen) atoms. The third-order valence-corrected chi connectivity index (χ3v) is 5.16. The highest BCUT2D eigenvalue weighted by Crippen LogP contribution is 2.26. The number of anilines is 1. The number of rotatable bonds is 4. The van der Waals surface area contributed by atoms with Gasteiger partial charge in [-0.3, -0.25) is 9.79 Å². The van der Waals surface area contributed by atoms with Crippen LogP contribution in [-0.2, 0) is 16.0 Å². The standard InChI is InChI=1S/C20H30N4O2/c1-3-26-17-10-13-23(14-11-17)20(21-2)22-15-19(25)24-12-6-8-16-7-4-5-9-18(16)24/h4-5,7,9,17H,3,6,8,10-15H2,1-2H3,(H,21,22). The molecule has 2 heterocycles. The highest BCUT2D eigenvalue weighted by Gasteiger charge is 2.24. The summed E-state index contributed by atoms with van der Waals surface area (Å²) in [7, 11) is 1.78. The van der Waals surface area contributed by atoms with Crippen molar-refractivity contribution < 1.29 is 9.53 Å². The maximum Gasteiger partial charge on any atom is 0.246 e. The maximum absolute atomic E-state index is 12.8. The minimum absolute atomic E-state index is 0.0995. The van der Waals surface area contributed by atoms with Crippen molar-refractivity contribution in [2.75, 3.05) is 44.7 Å². The Bertz CT molecular complexity index is 638. The van der Waals surface area contributed by atoms with Crippen molar-refractivity contribution in [2.24, 2.45) is 4.99 Å². The normalized spacial score (nSPS) is 18.6. The van der Waals surface area contributed by atoms with Crippen LogP contribution in [0.5, 0.6) is 0 Å². The molecule has 1 amide bonds. The topological polar surface area (TPSA) is 57.2 Å². The van der Waals surface area contributed by atoms with Crippen LogP contribution in [0.15, 0.2) is 29.3 Å². The summed E-state index contributed by atoms with van der Waals surface area (Å²) in [6.07, 6.45) is 4.41. The van der Waals surface area contributed by atoms with Gasteiger partial charge in [0.2, 0.25) is 5.91 Å². The minimum Gasteiger partial charge on any atom is -0.378 e. The molecule has 0 bridgehead atoms. The fourth-order valence-corrected chi connectivity index (χ4v) is 3.85. The van der Waals surface area contributed by atoms with E-state index in [0.717, 1.165) is 63.6 Å². The lowest BCUT2D eigenvalue weighted by Gasteiger charge is -2.34. The van der Waals surface area contributed by atoms with Crippen LogP contribution in [0, 0.1) is 0 Å². The second kappa shape index (κ2) is 9.03. The Morgan fingerprint density at radius 1 is 1.27 bits per heavy atom. The summed E-state index contributed by atoms with van der Waals surface area (Å²) in [5.41, 5.74) is 2.31. The lowest BCUT2D eigenvalue weighted by Crippen LogP contribution is -2.50. The summed E-state index contributed by atoms with van der Waals surface area (Å²) in [6.45, 7) is 5.68. The fourth-order valence-electron chi connectivity index (χ4n) is 3.85. The number of benzene rings is 1. The van der Waals surface area contributed by atoms with E-state index in [1.807, 2.05) is 30.0 Å². The average molecular weight is 358 g/mol. The van der Waals surface area contributed by atoms with E-state index in [1.54, 1.807) is 7.05 Å². The summed E-state index contributed by atoms with van der Waals surface area (Å²) in [6, 6.07) is 8.20. The first kappa shape index (κ1) is 18.7. The number of ether oxygens (including phenoxy) is 1. The number of aliphatic imine (C=N–C) groups is 1. The number of hydrogen-bond acceptors (Lipinski definition) is 3. The number of likely N-dealkylation sites (tertiary alicyclic amines) is 1. The quantitative estimate of drug-likeness (QED) is 0.661. The Morgan fingerprint density at radius 3 is 2.77 bits per heavy atom. The molecule has 0 spiro atoms. The van der Waals surface area contributed by atoms with Gasteiger partial charge in [-0.25, -0.2) is 0 Å². The second-order valence-corrected chi connectivity index (χ2v) is 6.82. The Balaban J connectivity index is 1.54. The molecule has 1 aromatic carbocycles. The SMILES string of the molecule is CCOC1CCN(C(=NC)NCC(=O)N2CCCc3ccccc32)CC1. The highest BCUT2D eigenvalue weighted by atomic mass is 16.5. The zero-order chi connectivity index (χ0) is 18.4. The van der Waals surface area contributed by atoms with Gasteiger partial charge in [0.25, 0.3) is 0 Å². The van der Waals surface area contributed by atoms with E-state index in [9.17, 15) is 4.79 Å². The van der Waals surface area contributed by atoms with E-state index in [1.165, 1.54) is 5.56 Å². The van der Waals surface area contributed by atoms with Gasteiger partial charge in [0.1, 0.15) is 0 Å². The molecule has 1 saturated heterocycles. The Labute approximate surface area is 156 Å². The van der Waals surface area contributed by atoms with Crippen LogP contribution in [0.4, 0.5) is 5.69 Å². The van der Waals surface area contributed by atoms with Gasteiger partial charge < -0.3 is 19.9 Å². The first-order valence-corrected chi connectivity index (χ1v) is 9.68. The number of amides is 1. The lowest BCUT2D eigenvalue weighted by molar-refractivity contribution is -0.117. The van der Waals surface area contributed by atoms with Crippen molar-refractivity contribution in [1.82, 2.24) is 10.2 Å². The molecule has 142 valence electrons. The number of carbonyl (C=O) groups is 1. The number of nitrogens with zero attached hydrogens (tertiary/aromatic N) is 3. The number of piperidine rings is 1. The minimum atomic E-state index is 0.0995. The van der Waals surface area contributed by atoms with Gasteiger partial charge in [0, 0.05) is 39.0 Å². The summed E-state index contributed by atoms with van der Waals surface area (Å²) in [5, 5.41) is 3.26. The maximum atomic E-state index is 12.8. The number of para-hydroxylation sites is 1. The molecule has 1 fully saturated rings. The van der Waals surface area contributed by atoms with Gasteiger partial charge in [0.05, 0.1) is 12.6 Å². The van der Waals surface area contributed by atoms with Crippen LogP contribution in [0.1, 0.15) is 31.7 Å². The van der Waals surface area contributed by atoms with Crippen LogP contribution < -0.4 is 10.2 Å². The molecule has 0 unspecified atom stereocenters. The van der Waals surface area contributed by atoms with E-state index >= 15 is 0 Å². The predicted molar refractivity (Wildman–Crippen MR) is 105 cm³/mol. The lowest BCUT2D eigenvalue weighted by atomic mass is 10.0. The molecule has 0 aliphatic carbocycles. The zero-order valence-electron chi connectivity index (χ0n) is 15.9. The molecule has 6 heteroatoms. The molecule has 2 aliphatic rings. The smallest absolute Gasteiger partial charge is 0.246 e. The largest absolute Gasteiger partial charge is 0.378 e. The van der Waals surface area contributed by atoms with E-state index in [4.69, 9.17) is 4.74 Å². The highest BCUT2D eigenvalue weighted by molar-refractivity contribution is 5.98. The van der Waals surface area contributed by atoms with Crippen LogP contribution in [-0.4, -0.2) is 62.7 Å².